The Morgan fingerprint density at radius 1 is 0.900 bits per heavy atom. The normalized spacial score (nSPS) is 12.0. The van der Waals surface area contributed by atoms with Crippen LogP contribution in [0.5, 0.6) is 5.75 Å². The first-order valence-electron chi connectivity index (χ1n) is 8.78. The molecule has 0 saturated heterocycles. The smallest absolute Gasteiger partial charge is 0.362 e. The van der Waals surface area contributed by atoms with Crippen molar-refractivity contribution in [1.29, 1.82) is 0 Å². The fourth-order valence-electron chi connectivity index (χ4n) is 2.71. The first-order chi connectivity index (χ1) is 14.5. The summed E-state index contributed by atoms with van der Waals surface area (Å²) in [7, 11) is 0. The van der Waals surface area contributed by atoms with E-state index in [2.05, 4.69) is 15.2 Å². The molecule has 4 aromatic rings. The minimum atomic E-state index is -0.638. The molecule has 0 bridgehead atoms. The molecular formula is C22H13Cl2N3O3. The van der Waals surface area contributed by atoms with Gasteiger partial charge in [0.25, 0.3) is 0 Å². The average Bonchev–Trinajstić information content (AvgIpc) is 2.73. The van der Waals surface area contributed by atoms with Gasteiger partial charge in [0.05, 0.1) is 10.6 Å². The van der Waals surface area contributed by atoms with Gasteiger partial charge in [-0.25, -0.2) is 9.79 Å². The zero-order valence-electron chi connectivity index (χ0n) is 15.3. The third-order valence-electron chi connectivity index (χ3n) is 4.16. The van der Waals surface area contributed by atoms with Gasteiger partial charge in [-0.2, -0.15) is 0 Å². The number of benzene rings is 3. The molecule has 1 N–H and O–H groups in total. The lowest BCUT2D eigenvalue weighted by Crippen LogP contribution is -2.02. The van der Waals surface area contributed by atoms with E-state index in [1.165, 1.54) is 12.1 Å². The second-order valence-corrected chi connectivity index (χ2v) is 7.05. The van der Waals surface area contributed by atoms with E-state index in [1.54, 1.807) is 54.6 Å². The molecule has 1 aromatic heterocycles. The van der Waals surface area contributed by atoms with Crippen molar-refractivity contribution >= 4 is 51.4 Å². The number of phenolic OH excluding ortho intramolecular Hbond substituents is 1. The highest BCUT2D eigenvalue weighted by Gasteiger charge is 2.12. The maximum atomic E-state index is 12.4. The molecule has 0 spiro atoms. The summed E-state index contributed by atoms with van der Waals surface area (Å²) in [5.41, 5.74) is 0.475. The van der Waals surface area contributed by atoms with Crippen molar-refractivity contribution in [2.24, 2.45) is 15.2 Å². The number of aliphatic imine (C=N–C) groups is 1. The predicted octanol–water partition coefficient (Wildman–Crippen LogP) is 6.67. The van der Waals surface area contributed by atoms with Crippen molar-refractivity contribution in [3.63, 3.8) is 0 Å². The van der Waals surface area contributed by atoms with Gasteiger partial charge in [-0.15, -0.1) is 10.2 Å². The number of nitrogens with zero attached hydrogens (tertiary/aromatic N) is 3. The van der Waals surface area contributed by atoms with Crippen LogP contribution in [0.15, 0.2) is 97.2 Å². The highest BCUT2D eigenvalue weighted by atomic mass is 35.5. The van der Waals surface area contributed by atoms with E-state index >= 15 is 0 Å². The molecule has 0 aliphatic carbocycles. The molecule has 0 radical (unpaired) electrons. The van der Waals surface area contributed by atoms with Gasteiger partial charge in [-0.1, -0.05) is 53.5 Å². The number of fused-ring (bicyclic) bond motifs is 1. The van der Waals surface area contributed by atoms with Crippen LogP contribution in [0, 0.1) is 0 Å². The van der Waals surface area contributed by atoms with Gasteiger partial charge >= 0.3 is 5.63 Å². The number of rotatable bonds is 3. The molecule has 0 atom stereocenters. The summed E-state index contributed by atoms with van der Waals surface area (Å²) >= 11 is 12.1. The van der Waals surface area contributed by atoms with E-state index < -0.39 is 5.63 Å². The third kappa shape index (κ3) is 4.25. The molecule has 3 aromatic carbocycles. The van der Waals surface area contributed by atoms with Gasteiger partial charge in [0, 0.05) is 10.4 Å². The van der Waals surface area contributed by atoms with Gasteiger partial charge < -0.3 is 9.52 Å². The summed E-state index contributed by atoms with van der Waals surface area (Å²) in [6.45, 7) is 0. The standard InChI is InChI=1S/C22H13Cl2N3O3/c23-14-9-10-17(16(24)12-14)26-27-21(15-6-2-3-7-19(15)28)25-18-11-13-5-1-4-8-20(13)30-22(18)29/h1-12,28H. The maximum Gasteiger partial charge on any atom is 0.362 e. The molecule has 0 fully saturated rings. The Bertz CT molecular complexity index is 1360. The topological polar surface area (TPSA) is 87.5 Å². The average molecular weight is 438 g/mol. The number of hydrogen-bond donors (Lipinski definition) is 1. The van der Waals surface area contributed by atoms with Crippen molar-refractivity contribution in [2.45, 2.75) is 0 Å². The van der Waals surface area contributed by atoms with Crippen LogP contribution in [0.3, 0.4) is 0 Å². The summed E-state index contributed by atoms with van der Waals surface area (Å²) in [5.74, 6) is -0.0516. The summed E-state index contributed by atoms with van der Waals surface area (Å²) in [6, 6.07) is 19.9. The number of halogens is 2. The van der Waals surface area contributed by atoms with Gasteiger partial charge in [0.1, 0.15) is 17.0 Å². The highest BCUT2D eigenvalue weighted by Crippen LogP contribution is 2.29. The Kier molecular flexibility index (Phi) is 5.61. The summed E-state index contributed by atoms with van der Waals surface area (Å²) in [5, 5.41) is 20.0. The van der Waals surface area contributed by atoms with Gasteiger partial charge in [0.15, 0.2) is 11.5 Å². The molecule has 1 heterocycles. The van der Waals surface area contributed by atoms with Crippen molar-refractivity contribution in [2.75, 3.05) is 0 Å². The fourth-order valence-corrected chi connectivity index (χ4v) is 3.15. The molecule has 0 aliphatic heterocycles. The highest BCUT2D eigenvalue weighted by molar-refractivity contribution is 6.36. The van der Waals surface area contributed by atoms with Gasteiger partial charge in [-0.3, -0.25) is 0 Å². The Hall–Kier alpha value is -3.48. The van der Waals surface area contributed by atoms with E-state index in [4.69, 9.17) is 27.6 Å². The van der Waals surface area contributed by atoms with Crippen molar-refractivity contribution in [1.82, 2.24) is 0 Å². The van der Waals surface area contributed by atoms with Crippen LogP contribution in [-0.2, 0) is 0 Å². The van der Waals surface area contributed by atoms with E-state index in [0.717, 1.165) is 0 Å². The van der Waals surface area contributed by atoms with E-state index in [-0.39, 0.29) is 17.3 Å². The molecule has 8 heteroatoms. The molecule has 0 unspecified atom stereocenters. The van der Waals surface area contributed by atoms with Crippen LogP contribution >= 0.6 is 23.2 Å². The van der Waals surface area contributed by atoms with Crippen LogP contribution < -0.4 is 5.63 Å². The summed E-state index contributed by atoms with van der Waals surface area (Å²) in [6.07, 6.45) is 0. The number of para-hydroxylation sites is 2. The number of phenols is 1. The quantitative estimate of drug-likeness (QED) is 0.168. The lowest BCUT2D eigenvalue weighted by atomic mass is 10.2. The van der Waals surface area contributed by atoms with Gasteiger partial charge in [-0.05, 0) is 42.5 Å². The van der Waals surface area contributed by atoms with Crippen molar-refractivity contribution in [3.8, 4) is 5.75 Å². The van der Waals surface area contributed by atoms with Crippen LogP contribution in [0.4, 0.5) is 11.4 Å². The third-order valence-corrected chi connectivity index (χ3v) is 4.69. The first kappa shape index (κ1) is 19.8. The SMILES string of the molecule is O=c1oc2ccccc2cc1N=C(N=Nc1ccc(Cl)cc1Cl)c1ccccc1O. The largest absolute Gasteiger partial charge is 0.507 e. The van der Waals surface area contributed by atoms with Crippen LogP contribution in [0.1, 0.15) is 5.56 Å². The molecule has 4 rings (SSSR count). The van der Waals surface area contributed by atoms with Crippen molar-refractivity contribution < 1.29 is 9.52 Å². The Morgan fingerprint density at radius 2 is 1.67 bits per heavy atom. The maximum absolute atomic E-state index is 12.4. The molecule has 30 heavy (non-hydrogen) atoms. The Balaban J connectivity index is 1.86. The molecule has 0 saturated carbocycles. The number of azo groups is 1. The molecule has 6 nitrogen and oxygen atoms in total. The second kappa shape index (κ2) is 8.49. The van der Waals surface area contributed by atoms with Crippen LogP contribution in [0.25, 0.3) is 11.0 Å². The molecule has 0 amide bonds. The number of amidine groups is 1. The Labute approximate surface area is 180 Å². The molecule has 148 valence electrons. The predicted molar refractivity (Wildman–Crippen MR) is 118 cm³/mol. The minimum Gasteiger partial charge on any atom is -0.507 e. The zero-order chi connectivity index (χ0) is 21.1. The van der Waals surface area contributed by atoms with E-state index in [9.17, 15) is 9.90 Å². The Morgan fingerprint density at radius 3 is 2.47 bits per heavy atom. The number of aromatic hydroxyl groups is 1. The van der Waals surface area contributed by atoms with Crippen molar-refractivity contribution in [3.05, 3.63) is 98.8 Å². The first-order valence-corrected chi connectivity index (χ1v) is 9.53. The van der Waals surface area contributed by atoms with E-state index in [0.29, 0.717) is 32.3 Å². The molecule has 0 aliphatic rings. The lowest BCUT2D eigenvalue weighted by molar-refractivity contribution is 0.474. The summed E-state index contributed by atoms with van der Waals surface area (Å²) in [4.78, 5) is 16.7. The lowest BCUT2D eigenvalue weighted by Gasteiger charge is -2.04. The van der Waals surface area contributed by atoms with E-state index in [1.807, 2.05) is 6.07 Å². The van der Waals surface area contributed by atoms with Crippen LogP contribution in [-0.4, -0.2) is 10.9 Å². The minimum absolute atomic E-state index is 0.0155. The second-order valence-electron chi connectivity index (χ2n) is 6.21. The summed E-state index contributed by atoms with van der Waals surface area (Å²) < 4.78 is 5.32. The molecular weight excluding hydrogens is 425 g/mol. The number of hydrogen-bond acceptors (Lipinski definition) is 5. The zero-order valence-corrected chi connectivity index (χ0v) is 16.8. The van der Waals surface area contributed by atoms with Crippen LogP contribution in [0.2, 0.25) is 10.0 Å². The monoisotopic (exact) mass is 437 g/mol. The fraction of sp³-hybridized carbons (Fsp3) is 0. The van der Waals surface area contributed by atoms with Gasteiger partial charge in [0.2, 0.25) is 0 Å².